The first kappa shape index (κ1) is 16.2. The van der Waals surface area contributed by atoms with Gasteiger partial charge in [-0.15, -0.1) is 0 Å². The summed E-state index contributed by atoms with van der Waals surface area (Å²) in [6.45, 7) is 9.69. The largest absolute Gasteiger partial charge is 0.465 e. The van der Waals surface area contributed by atoms with Gasteiger partial charge >= 0.3 is 5.97 Å². The molecule has 1 rings (SSSR count). The average Bonchev–Trinajstić information content (AvgIpc) is 2.38. The Morgan fingerprint density at radius 1 is 1.25 bits per heavy atom. The maximum Gasteiger partial charge on any atom is 0.325 e. The highest BCUT2D eigenvalue weighted by molar-refractivity contribution is 5.97. The number of carbonyl (C=O) groups is 2. The lowest BCUT2D eigenvalue weighted by atomic mass is 10.0. The molecule has 1 aromatic rings. The van der Waals surface area contributed by atoms with Crippen LogP contribution in [0.25, 0.3) is 0 Å². The molecule has 4 heteroatoms. The van der Waals surface area contributed by atoms with Crippen LogP contribution in [0.5, 0.6) is 0 Å². The standard InChI is InChI=1S/C16H23NO3/c1-6-20-15(18)10-17(11(2)3)16(19)14-9-12(4)7-8-13(14)5/h7-9,11H,6,10H2,1-5H3. The molecule has 110 valence electrons. The summed E-state index contributed by atoms with van der Waals surface area (Å²) in [4.78, 5) is 25.8. The van der Waals surface area contributed by atoms with Gasteiger partial charge in [0, 0.05) is 11.6 Å². The summed E-state index contributed by atoms with van der Waals surface area (Å²) in [6.07, 6.45) is 0. The van der Waals surface area contributed by atoms with E-state index in [4.69, 9.17) is 4.74 Å². The van der Waals surface area contributed by atoms with Gasteiger partial charge in [-0.3, -0.25) is 9.59 Å². The summed E-state index contributed by atoms with van der Waals surface area (Å²) in [7, 11) is 0. The van der Waals surface area contributed by atoms with Crippen LogP contribution < -0.4 is 0 Å². The van der Waals surface area contributed by atoms with Crippen molar-refractivity contribution in [2.75, 3.05) is 13.2 Å². The number of amides is 1. The zero-order chi connectivity index (χ0) is 15.3. The lowest BCUT2D eigenvalue weighted by Crippen LogP contribution is -2.41. The van der Waals surface area contributed by atoms with Gasteiger partial charge in [-0.2, -0.15) is 0 Å². The zero-order valence-electron chi connectivity index (χ0n) is 12.9. The third-order valence-electron chi connectivity index (χ3n) is 3.11. The van der Waals surface area contributed by atoms with Crippen molar-refractivity contribution in [2.45, 2.75) is 40.7 Å². The smallest absolute Gasteiger partial charge is 0.325 e. The van der Waals surface area contributed by atoms with Gasteiger partial charge in [0.05, 0.1) is 6.61 Å². The zero-order valence-corrected chi connectivity index (χ0v) is 12.9. The number of rotatable bonds is 5. The molecule has 0 aliphatic carbocycles. The summed E-state index contributed by atoms with van der Waals surface area (Å²) < 4.78 is 4.93. The SMILES string of the molecule is CCOC(=O)CN(C(=O)c1cc(C)ccc1C)C(C)C. The van der Waals surface area contributed by atoms with Crippen LogP contribution in [0.1, 0.15) is 42.3 Å². The Hall–Kier alpha value is -1.84. The van der Waals surface area contributed by atoms with E-state index < -0.39 is 0 Å². The Balaban J connectivity index is 2.99. The van der Waals surface area contributed by atoms with E-state index in [0.29, 0.717) is 12.2 Å². The van der Waals surface area contributed by atoms with E-state index in [1.165, 1.54) is 0 Å². The van der Waals surface area contributed by atoms with Gasteiger partial charge < -0.3 is 9.64 Å². The molecule has 20 heavy (non-hydrogen) atoms. The lowest BCUT2D eigenvalue weighted by molar-refractivity contribution is -0.144. The summed E-state index contributed by atoms with van der Waals surface area (Å²) in [5.74, 6) is -0.505. The van der Waals surface area contributed by atoms with Crippen LogP contribution in [0, 0.1) is 13.8 Å². The van der Waals surface area contributed by atoms with E-state index >= 15 is 0 Å². The van der Waals surface area contributed by atoms with Gasteiger partial charge in [0.25, 0.3) is 5.91 Å². The number of benzene rings is 1. The first-order valence-electron chi connectivity index (χ1n) is 6.90. The van der Waals surface area contributed by atoms with Crippen molar-refractivity contribution in [1.29, 1.82) is 0 Å². The second-order valence-electron chi connectivity index (χ2n) is 5.15. The van der Waals surface area contributed by atoms with Crippen molar-refractivity contribution in [3.8, 4) is 0 Å². The highest BCUT2D eigenvalue weighted by Gasteiger charge is 2.23. The van der Waals surface area contributed by atoms with Gasteiger partial charge in [0.15, 0.2) is 0 Å². The number of esters is 1. The van der Waals surface area contributed by atoms with Crippen LogP contribution in [0.15, 0.2) is 18.2 Å². The van der Waals surface area contributed by atoms with Crippen LogP contribution in [0.3, 0.4) is 0 Å². The molecule has 0 bridgehead atoms. The molecule has 4 nitrogen and oxygen atoms in total. The van der Waals surface area contributed by atoms with E-state index in [-0.39, 0.29) is 24.5 Å². The van der Waals surface area contributed by atoms with Gasteiger partial charge in [0.1, 0.15) is 6.54 Å². The monoisotopic (exact) mass is 277 g/mol. The molecular weight excluding hydrogens is 254 g/mol. The molecule has 1 aromatic carbocycles. The maximum absolute atomic E-state index is 12.6. The van der Waals surface area contributed by atoms with E-state index in [2.05, 4.69) is 0 Å². The van der Waals surface area contributed by atoms with E-state index in [0.717, 1.165) is 11.1 Å². The molecule has 0 saturated carbocycles. The van der Waals surface area contributed by atoms with E-state index in [1.807, 2.05) is 45.9 Å². The van der Waals surface area contributed by atoms with Gasteiger partial charge in [-0.05, 0) is 46.2 Å². The minimum Gasteiger partial charge on any atom is -0.465 e. The van der Waals surface area contributed by atoms with Crippen molar-refractivity contribution >= 4 is 11.9 Å². The van der Waals surface area contributed by atoms with Crippen molar-refractivity contribution < 1.29 is 14.3 Å². The fraction of sp³-hybridized carbons (Fsp3) is 0.500. The summed E-state index contributed by atoms with van der Waals surface area (Å²) in [5, 5.41) is 0. The molecule has 1 amide bonds. The lowest BCUT2D eigenvalue weighted by Gasteiger charge is -2.26. The molecule has 0 saturated heterocycles. The number of carbonyl (C=O) groups excluding carboxylic acids is 2. The molecule has 0 aliphatic rings. The molecule has 0 heterocycles. The molecule has 0 atom stereocenters. The highest BCUT2D eigenvalue weighted by Crippen LogP contribution is 2.15. The third-order valence-corrected chi connectivity index (χ3v) is 3.11. The van der Waals surface area contributed by atoms with Gasteiger partial charge in [0.2, 0.25) is 0 Å². The number of aryl methyl sites for hydroxylation is 2. The Morgan fingerprint density at radius 3 is 2.45 bits per heavy atom. The normalized spacial score (nSPS) is 10.5. The second-order valence-corrected chi connectivity index (χ2v) is 5.15. The Morgan fingerprint density at radius 2 is 1.90 bits per heavy atom. The van der Waals surface area contributed by atoms with Crippen LogP contribution in [-0.4, -0.2) is 36.0 Å². The van der Waals surface area contributed by atoms with Crippen LogP contribution in [-0.2, 0) is 9.53 Å². The highest BCUT2D eigenvalue weighted by atomic mass is 16.5. The molecule has 0 aliphatic heterocycles. The third kappa shape index (κ3) is 4.08. The first-order chi connectivity index (χ1) is 9.36. The number of nitrogens with zero attached hydrogens (tertiary/aromatic N) is 1. The number of ether oxygens (including phenoxy) is 1. The molecule has 0 fully saturated rings. The summed E-state index contributed by atoms with van der Waals surface area (Å²) in [6, 6.07) is 5.69. The number of hydrogen-bond donors (Lipinski definition) is 0. The van der Waals surface area contributed by atoms with E-state index in [9.17, 15) is 9.59 Å². The first-order valence-corrected chi connectivity index (χ1v) is 6.90. The van der Waals surface area contributed by atoms with Crippen LogP contribution in [0.4, 0.5) is 0 Å². The fourth-order valence-corrected chi connectivity index (χ4v) is 1.96. The Bertz CT molecular complexity index is 494. The second kappa shape index (κ2) is 7.08. The summed E-state index contributed by atoms with van der Waals surface area (Å²) in [5.41, 5.74) is 2.58. The quantitative estimate of drug-likeness (QED) is 0.777. The van der Waals surface area contributed by atoms with E-state index in [1.54, 1.807) is 11.8 Å². The predicted molar refractivity (Wildman–Crippen MR) is 78.7 cm³/mol. The van der Waals surface area contributed by atoms with Gasteiger partial charge in [-0.25, -0.2) is 0 Å². The molecule has 0 N–H and O–H groups in total. The molecular formula is C16H23NO3. The van der Waals surface area contributed by atoms with Crippen molar-refractivity contribution in [2.24, 2.45) is 0 Å². The van der Waals surface area contributed by atoms with Crippen LogP contribution in [0.2, 0.25) is 0 Å². The van der Waals surface area contributed by atoms with Crippen molar-refractivity contribution in [1.82, 2.24) is 4.90 Å². The minimum atomic E-state index is -0.375. The molecule has 0 radical (unpaired) electrons. The molecule has 0 aromatic heterocycles. The fourth-order valence-electron chi connectivity index (χ4n) is 1.96. The van der Waals surface area contributed by atoms with Gasteiger partial charge in [-0.1, -0.05) is 17.7 Å². The van der Waals surface area contributed by atoms with Crippen molar-refractivity contribution in [3.05, 3.63) is 34.9 Å². The molecule has 0 spiro atoms. The Kier molecular flexibility index (Phi) is 5.74. The minimum absolute atomic E-state index is 0.0161. The van der Waals surface area contributed by atoms with Crippen LogP contribution >= 0.6 is 0 Å². The predicted octanol–water partition coefficient (Wildman–Crippen LogP) is 2.72. The Labute approximate surface area is 120 Å². The average molecular weight is 277 g/mol. The van der Waals surface area contributed by atoms with Crippen molar-refractivity contribution in [3.63, 3.8) is 0 Å². The number of hydrogen-bond acceptors (Lipinski definition) is 3. The summed E-state index contributed by atoms with van der Waals surface area (Å²) >= 11 is 0. The topological polar surface area (TPSA) is 46.6 Å². The maximum atomic E-state index is 12.6. The molecule has 0 unspecified atom stereocenters.